The summed E-state index contributed by atoms with van der Waals surface area (Å²) in [6.07, 6.45) is -0.362. The van der Waals surface area contributed by atoms with Gasteiger partial charge in [0.25, 0.3) is 5.92 Å². The number of nitrogens with one attached hydrogen (secondary N) is 1. The standard InChI is InChI=1S/C9H17F2N3.HI/c1-8(2,3)14-7(12)13-6-4-9(10,11)5-6;/h6H,4-5H2,1-3H3,(H3,12,13,14);1H. The van der Waals surface area contributed by atoms with E-state index in [2.05, 4.69) is 10.3 Å². The average molecular weight is 333 g/mol. The second-order valence-electron chi connectivity index (χ2n) is 4.81. The van der Waals surface area contributed by atoms with Crippen LogP contribution in [0, 0.1) is 0 Å². The highest BCUT2D eigenvalue weighted by atomic mass is 127. The predicted octanol–water partition coefficient (Wildman–Crippen LogP) is 2.10. The molecule has 0 atom stereocenters. The van der Waals surface area contributed by atoms with Gasteiger partial charge < -0.3 is 11.1 Å². The number of alkyl halides is 2. The molecule has 0 aliphatic heterocycles. The van der Waals surface area contributed by atoms with E-state index < -0.39 is 5.92 Å². The Balaban J connectivity index is 0.00000196. The van der Waals surface area contributed by atoms with Gasteiger partial charge >= 0.3 is 0 Å². The van der Waals surface area contributed by atoms with E-state index in [1.807, 2.05) is 20.8 Å². The van der Waals surface area contributed by atoms with E-state index in [1.165, 1.54) is 0 Å². The van der Waals surface area contributed by atoms with Crippen LogP contribution in [0.1, 0.15) is 33.6 Å². The van der Waals surface area contributed by atoms with Crippen molar-refractivity contribution >= 4 is 29.9 Å². The van der Waals surface area contributed by atoms with E-state index in [4.69, 9.17) is 5.73 Å². The molecule has 0 aromatic carbocycles. The summed E-state index contributed by atoms with van der Waals surface area (Å²) in [7, 11) is 0. The maximum absolute atomic E-state index is 12.4. The molecule has 0 radical (unpaired) electrons. The molecular formula is C9H18F2IN3. The first kappa shape index (κ1) is 14.9. The number of guanidine groups is 1. The molecule has 1 fully saturated rings. The summed E-state index contributed by atoms with van der Waals surface area (Å²) in [6.45, 7) is 5.81. The van der Waals surface area contributed by atoms with Crippen molar-refractivity contribution in [2.75, 3.05) is 0 Å². The van der Waals surface area contributed by atoms with Gasteiger partial charge in [0.1, 0.15) is 0 Å². The summed E-state index contributed by atoms with van der Waals surface area (Å²) in [4.78, 5) is 3.97. The van der Waals surface area contributed by atoms with Gasteiger partial charge in [-0.25, -0.2) is 13.8 Å². The van der Waals surface area contributed by atoms with E-state index >= 15 is 0 Å². The molecule has 0 aromatic rings. The fourth-order valence-electron chi connectivity index (χ4n) is 1.33. The van der Waals surface area contributed by atoms with Crippen LogP contribution in [-0.4, -0.2) is 23.5 Å². The van der Waals surface area contributed by atoms with Crippen LogP contribution >= 0.6 is 24.0 Å². The number of rotatable bonds is 1. The Kier molecular flexibility index (Phi) is 4.75. The minimum absolute atomic E-state index is 0. The Bertz CT molecular complexity index is 240. The highest BCUT2D eigenvalue weighted by molar-refractivity contribution is 14.0. The molecule has 1 rings (SSSR count). The Morgan fingerprint density at radius 1 is 1.40 bits per heavy atom. The molecular weight excluding hydrogens is 315 g/mol. The number of aliphatic imine (C=N–C) groups is 1. The maximum Gasteiger partial charge on any atom is 0.252 e. The molecule has 15 heavy (non-hydrogen) atoms. The Morgan fingerprint density at radius 2 is 1.87 bits per heavy atom. The van der Waals surface area contributed by atoms with Gasteiger partial charge in [0.05, 0.1) is 6.04 Å². The van der Waals surface area contributed by atoms with Crippen LogP contribution < -0.4 is 11.1 Å². The topological polar surface area (TPSA) is 50.4 Å². The van der Waals surface area contributed by atoms with E-state index in [-0.39, 0.29) is 54.4 Å². The van der Waals surface area contributed by atoms with Crippen molar-refractivity contribution in [3.05, 3.63) is 0 Å². The fourth-order valence-corrected chi connectivity index (χ4v) is 1.33. The van der Waals surface area contributed by atoms with Crippen molar-refractivity contribution in [1.29, 1.82) is 0 Å². The first-order valence-corrected chi connectivity index (χ1v) is 4.67. The van der Waals surface area contributed by atoms with Gasteiger partial charge in [-0.05, 0) is 20.8 Å². The summed E-state index contributed by atoms with van der Waals surface area (Å²) < 4.78 is 24.9. The summed E-state index contributed by atoms with van der Waals surface area (Å²) in [6, 6.07) is -0.320. The first-order chi connectivity index (χ1) is 6.18. The molecule has 90 valence electrons. The minimum atomic E-state index is -2.53. The van der Waals surface area contributed by atoms with Gasteiger partial charge in [0.15, 0.2) is 5.96 Å². The lowest BCUT2D eigenvalue weighted by atomic mass is 9.89. The molecule has 6 heteroatoms. The van der Waals surface area contributed by atoms with Crippen molar-refractivity contribution in [2.24, 2.45) is 10.7 Å². The largest absolute Gasteiger partial charge is 0.370 e. The third-order valence-electron chi connectivity index (χ3n) is 1.89. The monoisotopic (exact) mass is 333 g/mol. The number of hydrogen-bond acceptors (Lipinski definition) is 1. The van der Waals surface area contributed by atoms with Gasteiger partial charge in [-0.3, -0.25) is 0 Å². The van der Waals surface area contributed by atoms with Crippen molar-refractivity contribution in [1.82, 2.24) is 5.32 Å². The van der Waals surface area contributed by atoms with Crippen LogP contribution in [0.3, 0.4) is 0 Å². The highest BCUT2D eigenvalue weighted by Gasteiger charge is 2.45. The molecule has 1 saturated carbocycles. The SMILES string of the molecule is CC(C)(C)NC(N)=NC1CC(F)(F)C1.I. The summed E-state index contributed by atoms with van der Waals surface area (Å²) in [5.41, 5.74) is 5.37. The second-order valence-corrected chi connectivity index (χ2v) is 4.81. The predicted molar refractivity (Wildman–Crippen MR) is 67.9 cm³/mol. The van der Waals surface area contributed by atoms with E-state index in [0.29, 0.717) is 0 Å². The molecule has 0 saturated heterocycles. The van der Waals surface area contributed by atoms with Crippen molar-refractivity contribution < 1.29 is 8.78 Å². The smallest absolute Gasteiger partial charge is 0.252 e. The van der Waals surface area contributed by atoms with Gasteiger partial charge in [0, 0.05) is 18.4 Å². The zero-order valence-corrected chi connectivity index (χ0v) is 11.5. The van der Waals surface area contributed by atoms with Crippen LogP contribution in [0.2, 0.25) is 0 Å². The fraction of sp³-hybridized carbons (Fsp3) is 0.889. The molecule has 3 nitrogen and oxygen atoms in total. The highest BCUT2D eigenvalue weighted by Crippen LogP contribution is 2.39. The molecule has 1 aliphatic rings. The Morgan fingerprint density at radius 3 is 2.20 bits per heavy atom. The molecule has 0 bridgehead atoms. The van der Waals surface area contributed by atoms with E-state index in [0.717, 1.165) is 0 Å². The zero-order chi connectivity index (χ0) is 11.0. The second kappa shape index (κ2) is 4.80. The minimum Gasteiger partial charge on any atom is -0.370 e. The molecule has 1 aliphatic carbocycles. The quantitative estimate of drug-likeness (QED) is 0.439. The number of nitrogens with two attached hydrogens (primary N) is 1. The zero-order valence-electron chi connectivity index (χ0n) is 9.18. The van der Waals surface area contributed by atoms with Gasteiger partial charge in [-0.15, -0.1) is 24.0 Å². The summed E-state index contributed by atoms with van der Waals surface area (Å²) in [5, 5.41) is 2.93. The number of hydrogen-bond donors (Lipinski definition) is 2. The van der Waals surface area contributed by atoms with Crippen LogP contribution in [0.25, 0.3) is 0 Å². The van der Waals surface area contributed by atoms with Gasteiger partial charge in [-0.2, -0.15) is 0 Å². The molecule has 0 aromatic heterocycles. The summed E-state index contributed by atoms with van der Waals surface area (Å²) in [5.74, 6) is -2.28. The Hall–Kier alpha value is -0.140. The van der Waals surface area contributed by atoms with Gasteiger partial charge in [-0.1, -0.05) is 0 Å². The lowest BCUT2D eigenvalue weighted by Gasteiger charge is -2.32. The molecule has 0 amide bonds. The molecule has 3 N–H and O–H groups in total. The third kappa shape index (κ3) is 5.48. The first-order valence-electron chi connectivity index (χ1n) is 4.67. The van der Waals surface area contributed by atoms with Crippen molar-refractivity contribution in [2.45, 2.75) is 51.1 Å². The van der Waals surface area contributed by atoms with E-state index in [1.54, 1.807) is 0 Å². The van der Waals surface area contributed by atoms with Crippen LogP contribution in [0.15, 0.2) is 4.99 Å². The number of halogens is 3. The summed E-state index contributed by atoms with van der Waals surface area (Å²) >= 11 is 0. The van der Waals surface area contributed by atoms with Crippen LogP contribution in [0.5, 0.6) is 0 Å². The Labute approximate surface area is 106 Å². The third-order valence-corrected chi connectivity index (χ3v) is 1.89. The maximum atomic E-state index is 12.4. The molecule has 0 heterocycles. The normalized spacial score (nSPS) is 21.5. The average Bonchev–Trinajstić information content (AvgIpc) is 1.76. The van der Waals surface area contributed by atoms with Crippen molar-refractivity contribution in [3.63, 3.8) is 0 Å². The van der Waals surface area contributed by atoms with Crippen molar-refractivity contribution in [3.8, 4) is 0 Å². The molecule has 0 spiro atoms. The molecule has 0 unspecified atom stereocenters. The van der Waals surface area contributed by atoms with E-state index in [9.17, 15) is 8.78 Å². The lowest BCUT2D eigenvalue weighted by molar-refractivity contribution is -0.0834. The number of nitrogens with zero attached hydrogens (tertiary/aromatic N) is 1. The van der Waals surface area contributed by atoms with Crippen LogP contribution in [0.4, 0.5) is 8.78 Å². The van der Waals surface area contributed by atoms with Crippen LogP contribution in [-0.2, 0) is 0 Å². The van der Waals surface area contributed by atoms with Gasteiger partial charge in [0.2, 0.25) is 0 Å². The lowest BCUT2D eigenvalue weighted by Crippen LogP contribution is -2.47.